The summed E-state index contributed by atoms with van der Waals surface area (Å²) >= 11 is 0. The second-order valence-corrected chi connectivity index (χ2v) is 9.10. The lowest BCUT2D eigenvalue weighted by Crippen LogP contribution is -2.47. The van der Waals surface area contributed by atoms with E-state index in [0.29, 0.717) is 17.0 Å². The number of amides is 2. The first kappa shape index (κ1) is 22.1. The van der Waals surface area contributed by atoms with E-state index in [1.807, 2.05) is 12.1 Å². The van der Waals surface area contributed by atoms with Crippen molar-refractivity contribution < 1.29 is 14.0 Å². The molecule has 0 bridgehead atoms. The normalized spacial score (nSPS) is 15.8. The van der Waals surface area contributed by atoms with Gasteiger partial charge in [0.05, 0.1) is 11.4 Å². The minimum absolute atomic E-state index is 0.109. The molecule has 5 rings (SSSR count). The Bertz CT molecular complexity index is 1210. The number of anilines is 3. The summed E-state index contributed by atoms with van der Waals surface area (Å²) in [6.07, 6.45) is 2.05. The molecule has 2 heterocycles. The van der Waals surface area contributed by atoms with E-state index in [-0.39, 0.29) is 23.6 Å². The molecule has 2 aliphatic rings. The number of piperazine rings is 1. The van der Waals surface area contributed by atoms with Gasteiger partial charge in [0.2, 0.25) is 0 Å². The molecule has 1 saturated carbocycles. The number of hydrogen-bond donors (Lipinski definition) is 2. The molecule has 0 unspecified atom stereocenters. The Labute approximate surface area is 199 Å². The Morgan fingerprint density at radius 3 is 2.21 bits per heavy atom. The van der Waals surface area contributed by atoms with Crippen molar-refractivity contribution in [2.75, 3.05) is 41.3 Å². The zero-order valence-electron chi connectivity index (χ0n) is 19.6. The van der Waals surface area contributed by atoms with Crippen LogP contribution in [0.1, 0.15) is 45.1 Å². The molecular formula is C27H30N4O3. The van der Waals surface area contributed by atoms with E-state index in [4.69, 9.17) is 4.42 Å². The molecule has 0 atom stereocenters. The van der Waals surface area contributed by atoms with Gasteiger partial charge < -0.3 is 24.9 Å². The lowest BCUT2D eigenvalue weighted by molar-refractivity contribution is 0.0949. The maximum absolute atomic E-state index is 12.9. The third kappa shape index (κ3) is 4.78. The maximum atomic E-state index is 12.9. The standard InChI is InChI=1S/C27H30N4O3/c1-18-5-3-4-6-23(18)30-13-15-31(16-14-30)24-11-8-20(26(32)28-21-9-10-21)17-22(24)29-27(33)25-12-7-19(2)34-25/h3-8,11-12,17,21H,9-10,13-16H2,1-2H3,(H,28,32)(H,29,33). The van der Waals surface area contributed by atoms with E-state index >= 15 is 0 Å². The first-order chi connectivity index (χ1) is 16.5. The molecule has 2 amide bonds. The van der Waals surface area contributed by atoms with Crippen LogP contribution < -0.4 is 20.4 Å². The van der Waals surface area contributed by atoms with Gasteiger partial charge in [-0.15, -0.1) is 0 Å². The zero-order chi connectivity index (χ0) is 23.7. The number of para-hydroxylation sites is 1. The average Bonchev–Trinajstić information content (AvgIpc) is 3.55. The Balaban J connectivity index is 1.37. The third-order valence-electron chi connectivity index (χ3n) is 6.46. The molecule has 7 nitrogen and oxygen atoms in total. The van der Waals surface area contributed by atoms with Gasteiger partial charge in [-0.1, -0.05) is 18.2 Å². The number of carbonyl (C=O) groups excluding carboxylic acids is 2. The minimum atomic E-state index is -0.326. The van der Waals surface area contributed by atoms with Crippen molar-refractivity contribution in [2.24, 2.45) is 0 Å². The van der Waals surface area contributed by atoms with Crippen LogP contribution in [0.4, 0.5) is 17.1 Å². The summed E-state index contributed by atoms with van der Waals surface area (Å²) in [7, 11) is 0. The van der Waals surface area contributed by atoms with E-state index in [1.165, 1.54) is 11.3 Å². The molecule has 176 valence electrons. The third-order valence-corrected chi connectivity index (χ3v) is 6.46. The molecule has 1 saturated heterocycles. The lowest BCUT2D eigenvalue weighted by atomic mass is 10.1. The number of furan rings is 1. The molecule has 2 fully saturated rings. The van der Waals surface area contributed by atoms with Crippen molar-refractivity contribution in [1.29, 1.82) is 0 Å². The highest BCUT2D eigenvalue weighted by atomic mass is 16.3. The van der Waals surface area contributed by atoms with Gasteiger partial charge in [0.15, 0.2) is 5.76 Å². The van der Waals surface area contributed by atoms with E-state index < -0.39 is 0 Å². The van der Waals surface area contributed by atoms with Crippen molar-refractivity contribution >= 4 is 28.9 Å². The minimum Gasteiger partial charge on any atom is -0.456 e. The van der Waals surface area contributed by atoms with Crippen LogP contribution in [-0.4, -0.2) is 44.0 Å². The fraction of sp³-hybridized carbons (Fsp3) is 0.333. The number of aryl methyl sites for hydroxylation is 2. The van der Waals surface area contributed by atoms with Gasteiger partial charge in [0.1, 0.15) is 5.76 Å². The van der Waals surface area contributed by atoms with Gasteiger partial charge in [-0.2, -0.15) is 0 Å². The van der Waals surface area contributed by atoms with Crippen LogP contribution in [0.5, 0.6) is 0 Å². The van der Waals surface area contributed by atoms with Gasteiger partial charge in [-0.05, 0) is 68.7 Å². The quantitative estimate of drug-likeness (QED) is 0.574. The number of benzene rings is 2. The van der Waals surface area contributed by atoms with Gasteiger partial charge in [0, 0.05) is 43.5 Å². The molecule has 7 heteroatoms. The van der Waals surface area contributed by atoms with Crippen molar-refractivity contribution in [1.82, 2.24) is 5.32 Å². The van der Waals surface area contributed by atoms with Crippen molar-refractivity contribution in [3.05, 3.63) is 77.2 Å². The summed E-state index contributed by atoms with van der Waals surface area (Å²) in [6.45, 7) is 7.31. The largest absolute Gasteiger partial charge is 0.456 e. The smallest absolute Gasteiger partial charge is 0.291 e. The van der Waals surface area contributed by atoms with Gasteiger partial charge >= 0.3 is 0 Å². The molecule has 1 aromatic heterocycles. The zero-order valence-corrected chi connectivity index (χ0v) is 19.6. The number of rotatable bonds is 6. The first-order valence-corrected chi connectivity index (χ1v) is 11.9. The molecule has 34 heavy (non-hydrogen) atoms. The van der Waals surface area contributed by atoms with Gasteiger partial charge in [-0.3, -0.25) is 9.59 Å². The van der Waals surface area contributed by atoms with Gasteiger partial charge in [-0.25, -0.2) is 0 Å². The monoisotopic (exact) mass is 458 g/mol. The second kappa shape index (κ2) is 9.25. The predicted octanol–water partition coefficient (Wildman–Crippen LogP) is 4.37. The van der Waals surface area contributed by atoms with E-state index in [0.717, 1.165) is 44.7 Å². The SMILES string of the molecule is Cc1ccc(C(=O)Nc2cc(C(=O)NC3CC3)ccc2N2CCN(c3ccccc3C)CC2)o1. The average molecular weight is 459 g/mol. The van der Waals surface area contributed by atoms with Crippen LogP contribution in [0.3, 0.4) is 0 Å². The fourth-order valence-corrected chi connectivity index (χ4v) is 4.40. The molecule has 1 aliphatic carbocycles. The second-order valence-electron chi connectivity index (χ2n) is 9.10. The predicted molar refractivity (Wildman–Crippen MR) is 134 cm³/mol. The van der Waals surface area contributed by atoms with E-state index in [9.17, 15) is 9.59 Å². The summed E-state index contributed by atoms with van der Waals surface area (Å²) < 4.78 is 5.50. The summed E-state index contributed by atoms with van der Waals surface area (Å²) in [4.78, 5) is 30.2. The number of carbonyl (C=O) groups is 2. The number of hydrogen-bond acceptors (Lipinski definition) is 5. The highest BCUT2D eigenvalue weighted by Crippen LogP contribution is 2.31. The topological polar surface area (TPSA) is 77.8 Å². The van der Waals surface area contributed by atoms with Crippen molar-refractivity contribution in [3.8, 4) is 0 Å². The van der Waals surface area contributed by atoms with Gasteiger partial charge in [0.25, 0.3) is 11.8 Å². The molecule has 0 spiro atoms. The van der Waals surface area contributed by atoms with Crippen molar-refractivity contribution in [2.45, 2.75) is 32.7 Å². The number of nitrogens with one attached hydrogen (secondary N) is 2. The maximum Gasteiger partial charge on any atom is 0.291 e. The van der Waals surface area contributed by atoms with Crippen molar-refractivity contribution in [3.63, 3.8) is 0 Å². The molecule has 3 aromatic rings. The van der Waals surface area contributed by atoms with Crippen LogP contribution in [0.15, 0.2) is 59.0 Å². The molecular weight excluding hydrogens is 428 g/mol. The molecule has 2 N–H and O–H groups in total. The highest BCUT2D eigenvalue weighted by Gasteiger charge is 2.26. The number of nitrogens with zero attached hydrogens (tertiary/aromatic N) is 2. The van der Waals surface area contributed by atoms with Crippen LogP contribution >= 0.6 is 0 Å². The van der Waals surface area contributed by atoms with Crippen LogP contribution in [-0.2, 0) is 0 Å². The van der Waals surface area contributed by atoms with Crippen LogP contribution in [0, 0.1) is 13.8 Å². The highest BCUT2D eigenvalue weighted by molar-refractivity contribution is 6.05. The summed E-state index contributed by atoms with van der Waals surface area (Å²) in [6, 6.07) is 17.7. The molecule has 2 aromatic carbocycles. The van der Waals surface area contributed by atoms with E-state index in [1.54, 1.807) is 25.1 Å². The summed E-state index contributed by atoms with van der Waals surface area (Å²) in [5.74, 6) is 0.492. The molecule has 1 aliphatic heterocycles. The summed E-state index contributed by atoms with van der Waals surface area (Å²) in [5.41, 5.74) is 4.59. The molecule has 0 radical (unpaired) electrons. The Hall–Kier alpha value is -3.74. The fourth-order valence-electron chi connectivity index (χ4n) is 4.40. The summed E-state index contributed by atoms with van der Waals surface area (Å²) in [5, 5.41) is 6.01. The van der Waals surface area contributed by atoms with E-state index in [2.05, 4.69) is 51.6 Å². The Morgan fingerprint density at radius 1 is 0.853 bits per heavy atom. The Morgan fingerprint density at radius 2 is 1.56 bits per heavy atom. The first-order valence-electron chi connectivity index (χ1n) is 11.9. The Kier molecular flexibility index (Phi) is 6.01. The lowest BCUT2D eigenvalue weighted by Gasteiger charge is -2.38. The van der Waals surface area contributed by atoms with Crippen LogP contribution in [0.2, 0.25) is 0 Å². The van der Waals surface area contributed by atoms with Crippen LogP contribution in [0.25, 0.3) is 0 Å².